The minimum absolute atomic E-state index is 0.0477. The maximum absolute atomic E-state index is 14.7. The number of hydrogen-bond donors (Lipinski definition) is 1. The van der Waals surface area contributed by atoms with Gasteiger partial charge in [-0.15, -0.1) is 0 Å². The molecule has 5 heteroatoms. The zero-order chi connectivity index (χ0) is 16.8. The topological polar surface area (TPSA) is 18.5 Å². The van der Waals surface area contributed by atoms with Crippen LogP contribution in [0.1, 0.15) is 23.6 Å². The van der Waals surface area contributed by atoms with Crippen LogP contribution in [0.3, 0.4) is 0 Å². The number of aryl methyl sites for hydroxylation is 1. The molecule has 130 valence electrons. The predicted molar refractivity (Wildman–Crippen MR) is 100 cm³/mol. The standard InChI is InChI=1S/C20H22FN3S/c21-15-5-3-4-14-8-9-17(19(14)15)24-16-6-1-2-7-18(16)25-20(24)23-12-10-22-11-13-23/h1-7,17,20,22H,8-13H2/t17?,20-/m0/s1. The summed E-state index contributed by atoms with van der Waals surface area (Å²) in [6.07, 6.45) is 1.96. The van der Waals surface area contributed by atoms with E-state index in [0.29, 0.717) is 0 Å². The number of fused-ring (bicyclic) bond motifs is 2. The summed E-state index contributed by atoms with van der Waals surface area (Å²) in [5.41, 5.74) is 3.62. The summed E-state index contributed by atoms with van der Waals surface area (Å²) in [6, 6.07) is 14.3. The third kappa shape index (κ3) is 2.57. The molecule has 1 saturated heterocycles. The van der Waals surface area contributed by atoms with Crippen molar-refractivity contribution in [3.63, 3.8) is 0 Å². The fourth-order valence-electron chi connectivity index (χ4n) is 4.42. The van der Waals surface area contributed by atoms with Crippen LogP contribution in [0.15, 0.2) is 47.4 Å². The molecule has 0 spiro atoms. The Morgan fingerprint density at radius 3 is 2.76 bits per heavy atom. The highest BCUT2D eigenvalue weighted by atomic mass is 32.2. The predicted octanol–water partition coefficient (Wildman–Crippen LogP) is 3.61. The molecule has 2 aromatic rings. The summed E-state index contributed by atoms with van der Waals surface area (Å²) in [5.74, 6) is -0.0477. The molecule has 1 unspecified atom stereocenters. The van der Waals surface area contributed by atoms with Crippen LogP contribution >= 0.6 is 11.8 Å². The smallest absolute Gasteiger partial charge is 0.136 e. The Bertz CT molecular complexity index is 790. The maximum Gasteiger partial charge on any atom is 0.136 e. The lowest BCUT2D eigenvalue weighted by atomic mass is 10.1. The number of benzene rings is 2. The second-order valence-electron chi connectivity index (χ2n) is 6.97. The summed E-state index contributed by atoms with van der Waals surface area (Å²) in [4.78, 5) is 6.34. The molecule has 0 saturated carbocycles. The van der Waals surface area contributed by atoms with Crippen LogP contribution < -0.4 is 10.2 Å². The van der Waals surface area contributed by atoms with Crippen LogP contribution in [0.2, 0.25) is 0 Å². The largest absolute Gasteiger partial charge is 0.339 e. The van der Waals surface area contributed by atoms with Crippen molar-refractivity contribution < 1.29 is 4.39 Å². The van der Waals surface area contributed by atoms with Gasteiger partial charge in [-0.2, -0.15) is 0 Å². The molecule has 1 fully saturated rings. The van der Waals surface area contributed by atoms with Gasteiger partial charge in [-0.05, 0) is 36.6 Å². The summed E-state index contributed by atoms with van der Waals surface area (Å²) < 4.78 is 14.7. The zero-order valence-corrected chi connectivity index (χ0v) is 14.9. The van der Waals surface area contributed by atoms with Gasteiger partial charge in [0.25, 0.3) is 0 Å². The molecule has 0 aromatic heterocycles. The number of piperazine rings is 1. The second-order valence-corrected chi connectivity index (χ2v) is 8.07. The minimum atomic E-state index is -0.0477. The van der Waals surface area contributed by atoms with Crippen molar-refractivity contribution in [3.8, 4) is 0 Å². The number of rotatable bonds is 2. The first-order valence-electron chi connectivity index (χ1n) is 9.09. The lowest BCUT2D eigenvalue weighted by Crippen LogP contribution is -2.53. The molecule has 2 aliphatic heterocycles. The van der Waals surface area contributed by atoms with Gasteiger partial charge in [0.1, 0.15) is 11.3 Å². The number of nitrogens with one attached hydrogen (secondary N) is 1. The number of para-hydroxylation sites is 1. The monoisotopic (exact) mass is 355 g/mol. The highest BCUT2D eigenvalue weighted by Crippen LogP contribution is 2.51. The minimum Gasteiger partial charge on any atom is -0.339 e. The first kappa shape index (κ1) is 15.7. The SMILES string of the molecule is Fc1cccc2c1C(N1c3ccccc3S[C@H]1N1CCNCC1)CC2. The first-order valence-corrected chi connectivity index (χ1v) is 9.97. The summed E-state index contributed by atoms with van der Waals surface area (Å²) in [5, 5.41) is 3.44. The average molecular weight is 355 g/mol. The third-order valence-electron chi connectivity index (χ3n) is 5.58. The van der Waals surface area contributed by atoms with Crippen LogP contribution in [-0.4, -0.2) is 36.6 Å². The van der Waals surface area contributed by atoms with Crippen molar-refractivity contribution in [3.05, 3.63) is 59.4 Å². The van der Waals surface area contributed by atoms with Gasteiger partial charge in [-0.1, -0.05) is 36.0 Å². The fourth-order valence-corrected chi connectivity index (χ4v) is 5.83. The maximum atomic E-state index is 14.7. The number of thioether (sulfide) groups is 1. The normalized spacial score (nSPS) is 25.9. The molecular formula is C20H22FN3S. The second kappa shape index (κ2) is 6.31. The van der Waals surface area contributed by atoms with E-state index < -0.39 is 0 Å². The Balaban J connectivity index is 1.57. The van der Waals surface area contributed by atoms with Crippen LogP contribution in [0.5, 0.6) is 0 Å². The van der Waals surface area contributed by atoms with Crippen LogP contribution in [0.25, 0.3) is 0 Å². The van der Waals surface area contributed by atoms with Crippen molar-refractivity contribution in [2.75, 3.05) is 31.1 Å². The Labute approximate surface area is 152 Å². The van der Waals surface area contributed by atoms with Crippen molar-refractivity contribution >= 4 is 17.4 Å². The fraction of sp³-hybridized carbons (Fsp3) is 0.400. The average Bonchev–Trinajstić information content (AvgIpc) is 3.24. The molecule has 2 heterocycles. The van der Waals surface area contributed by atoms with Gasteiger partial charge in [0.05, 0.1) is 11.7 Å². The van der Waals surface area contributed by atoms with Crippen molar-refractivity contribution in [1.29, 1.82) is 0 Å². The highest BCUT2D eigenvalue weighted by molar-refractivity contribution is 8.00. The molecule has 0 bridgehead atoms. The lowest BCUT2D eigenvalue weighted by molar-refractivity contribution is 0.215. The highest BCUT2D eigenvalue weighted by Gasteiger charge is 2.42. The number of nitrogens with zero attached hydrogens (tertiary/aromatic N) is 2. The number of anilines is 1. The van der Waals surface area contributed by atoms with Crippen LogP contribution in [-0.2, 0) is 6.42 Å². The zero-order valence-electron chi connectivity index (χ0n) is 14.1. The van der Waals surface area contributed by atoms with Gasteiger partial charge in [-0.25, -0.2) is 4.39 Å². The molecular weight excluding hydrogens is 333 g/mol. The van der Waals surface area contributed by atoms with Crippen molar-refractivity contribution in [1.82, 2.24) is 10.2 Å². The van der Waals surface area contributed by atoms with Gasteiger partial charge in [0.15, 0.2) is 0 Å². The Morgan fingerprint density at radius 1 is 1.04 bits per heavy atom. The summed E-state index contributed by atoms with van der Waals surface area (Å²) >= 11 is 1.92. The molecule has 3 nitrogen and oxygen atoms in total. The van der Waals surface area contributed by atoms with Gasteiger partial charge in [0.2, 0.25) is 0 Å². The molecule has 3 aliphatic rings. The van der Waals surface area contributed by atoms with Crippen LogP contribution in [0.4, 0.5) is 10.1 Å². The third-order valence-corrected chi connectivity index (χ3v) is 6.91. The van der Waals surface area contributed by atoms with Gasteiger partial charge in [0, 0.05) is 36.6 Å². The first-order chi connectivity index (χ1) is 12.3. The van der Waals surface area contributed by atoms with Crippen molar-refractivity contribution in [2.24, 2.45) is 0 Å². The molecule has 1 N–H and O–H groups in total. The molecule has 0 amide bonds. The Morgan fingerprint density at radius 2 is 1.88 bits per heavy atom. The van der Waals surface area contributed by atoms with E-state index in [1.807, 2.05) is 17.8 Å². The summed E-state index contributed by atoms with van der Waals surface area (Å²) in [7, 11) is 0. The van der Waals surface area contributed by atoms with E-state index in [2.05, 4.69) is 45.4 Å². The van der Waals surface area contributed by atoms with E-state index in [1.54, 1.807) is 6.07 Å². The van der Waals surface area contributed by atoms with E-state index in [0.717, 1.165) is 44.6 Å². The van der Waals surface area contributed by atoms with E-state index in [9.17, 15) is 4.39 Å². The van der Waals surface area contributed by atoms with Gasteiger partial charge >= 0.3 is 0 Å². The lowest BCUT2D eigenvalue weighted by Gasteiger charge is -2.41. The van der Waals surface area contributed by atoms with E-state index in [1.165, 1.54) is 16.1 Å². The molecule has 0 radical (unpaired) electrons. The van der Waals surface area contributed by atoms with Gasteiger partial charge in [-0.3, -0.25) is 4.90 Å². The molecule has 2 atom stereocenters. The Hall–Kier alpha value is -1.56. The van der Waals surface area contributed by atoms with Crippen molar-refractivity contribution in [2.45, 2.75) is 29.3 Å². The number of halogens is 1. The van der Waals surface area contributed by atoms with E-state index >= 15 is 0 Å². The van der Waals surface area contributed by atoms with E-state index in [4.69, 9.17) is 0 Å². The molecule has 5 rings (SSSR count). The van der Waals surface area contributed by atoms with Gasteiger partial charge < -0.3 is 10.2 Å². The summed E-state index contributed by atoms with van der Waals surface area (Å²) in [6.45, 7) is 4.13. The Kier molecular flexibility index (Phi) is 3.95. The quantitative estimate of drug-likeness (QED) is 0.887. The molecule has 25 heavy (non-hydrogen) atoms. The molecule has 1 aliphatic carbocycles. The molecule has 2 aromatic carbocycles. The van der Waals surface area contributed by atoms with E-state index in [-0.39, 0.29) is 17.4 Å². The van der Waals surface area contributed by atoms with Crippen LogP contribution in [0, 0.1) is 5.82 Å². The number of hydrogen-bond acceptors (Lipinski definition) is 4.